The zero-order valence-electron chi connectivity index (χ0n) is 9.14. The molecular formula is C10H12N2O4S. The highest BCUT2D eigenvalue weighted by molar-refractivity contribution is 7.91. The fourth-order valence-corrected chi connectivity index (χ4v) is 2.41. The van der Waals surface area contributed by atoms with Gasteiger partial charge in [-0.25, -0.2) is 8.42 Å². The standard InChI is InChI=1S/C10H12N2O4S/c1-2-17(15,16)8-5-6(9(11)13)3-4-7(8)10(12)14/h3-5H,2H2,1H3,(H2,11,13)(H2,12,14). The number of benzene rings is 1. The van der Waals surface area contributed by atoms with Crippen LogP contribution in [0, 0.1) is 0 Å². The van der Waals surface area contributed by atoms with Gasteiger partial charge in [0.2, 0.25) is 11.8 Å². The second kappa shape index (κ2) is 4.54. The molecule has 0 spiro atoms. The van der Waals surface area contributed by atoms with Gasteiger partial charge in [-0.15, -0.1) is 0 Å². The number of hydrogen-bond acceptors (Lipinski definition) is 4. The zero-order valence-corrected chi connectivity index (χ0v) is 9.95. The van der Waals surface area contributed by atoms with E-state index in [9.17, 15) is 18.0 Å². The van der Waals surface area contributed by atoms with Gasteiger partial charge in [-0.05, 0) is 18.2 Å². The number of nitrogens with two attached hydrogens (primary N) is 2. The summed E-state index contributed by atoms with van der Waals surface area (Å²) in [5.41, 5.74) is 9.99. The summed E-state index contributed by atoms with van der Waals surface area (Å²) < 4.78 is 23.5. The van der Waals surface area contributed by atoms with E-state index in [1.54, 1.807) is 0 Å². The van der Waals surface area contributed by atoms with Crippen LogP contribution in [0.3, 0.4) is 0 Å². The van der Waals surface area contributed by atoms with Crippen LogP contribution < -0.4 is 11.5 Å². The van der Waals surface area contributed by atoms with E-state index in [1.165, 1.54) is 19.1 Å². The summed E-state index contributed by atoms with van der Waals surface area (Å²) in [4.78, 5) is 21.8. The van der Waals surface area contributed by atoms with Gasteiger partial charge in [0.15, 0.2) is 9.84 Å². The van der Waals surface area contributed by atoms with Crippen molar-refractivity contribution in [2.75, 3.05) is 5.75 Å². The number of carbonyl (C=O) groups excluding carboxylic acids is 2. The highest BCUT2D eigenvalue weighted by atomic mass is 32.2. The molecule has 4 N–H and O–H groups in total. The molecule has 1 aromatic rings. The molecule has 0 aromatic heterocycles. The minimum Gasteiger partial charge on any atom is -0.366 e. The van der Waals surface area contributed by atoms with Crippen molar-refractivity contribution in [3.8, 4) is 0 Å². The van der Waals surface area contributed by atoms with Gasteiger partial charge in [0.25, 0.3) is 0 Å². The smallest absolute Gasteiger partial charge is 0.250 e. The van der Waals surface area contributed by atoms with Crippen LogP contribution in [0.1, 0.15) is 27.6 Å². The molecule has 0 atom stereocenters. The molecule has 0 bridgehead atoms. The number of carbonyl (C=O) groups is 2. The van der Waals surface area contributed by atoms with Crippen LogP contribution in [0.25, 0.3) is 0 Å². The number of amides is 2. The summed E-state index contributed by atoms with van der Waals surface area (Å²) in [5.74, 6) is -1.84. The topological polar surface area (TPSA) is 120 Å². The van der Waals surface area contributed by atoms with Gasteiger partial charge in [-0.1, -0.05) is 6.92 Å². The molecule has 0 fully saturated rings. The highest BCUT2D eigenvalue weighted by Gasteiger charge is 2.21. The summed E-state index contributed by atoms with van der Waals surface area (Å²) in [6, 6.07) is 3.52. The molecule has 6 nitrogen and oxygen atoms in total. The maximum absolute atomic E-state index is 11.7. The quantitative estimate of drug-likeness (QED) is 0.766. The Morgan fingerprint density at radius 1 is 1.18 bits per heavy atom. The molecule has 1 rings (SSSR count). The first-order valence-corrected chi connectivity index (χ1v) is 6.41. The maximum atomic E-state index is 11.7. The Bertz CT molecular complexity index is 578. The average Bonchev–Trinajstić information content (AvgIpc) is 2.28. The van der Waals surface area contributed by atoms with Crippen LogP contribution in [-0.4, -0.2) is 26.0 Å². The first kappa shape index (κ1) is 13.2. The molecular weight excluding hydrogens is 244 g/mol. The number of primary amides is 2. The van der Waals surface area contributed by atoms with Crippen molar-refractivity contribution in [1.82, 2.24) is 0 Å². The Balaban J connectivity index is 3.58. The fraction of sp³-hybridized carbons (Fsp3) is 0.200. The minimum atomic E-state index is -3.64. The van der Waals surface area contributed by atoms with Crippen molar-refractivity contribution >= 4 is 21.7 Å². The molecule has 7 heteroatoms. The van der Waals surface area contributed by atoms with E-state index in [0.29, 0.717) is 0 Å². The van der Waals surface area contributed by atoms with E-state index in [2.05, 4.69) is 0 Å². The Morgan fingerprint density at radius 2 is 1.76 bits per heavy atom. The monoisotopic (exact) mass is 256 g/mol. The molecule has 92 valence electrons. The van der Waals surface area contributed by atoms with Crippen LogP contribution in [0.5, 0.6) is 0 Å². The molecule has 0 aliphatic heterocycles. The summed E-state index contributed by atoms with van der Waals surface area (Å²) in [5, 5.41) is 0. The van der Waals surface area contributed by atoms with Gasteiger partial charge in [-0.3, -0.25) is 9.59 Å². The van der Waals surface area contributed by atoms with Gasteiger partial charge in [0.05, 0.1) is 16.2 Å². The first-order chi connectivity index (χ1) is 7.79. The van der Waals surface area contributed by atoms with Crippen LogP contribution >= 0.6 is 0 Å². The van der Waals surface area contributed by atoms with Crippen LogP contribution in [0.2, 0.25) is 0 Å². The van der Waals surface area contributed by atoms with Crippen LogP contribution in [0.15, 0.2) is 23.1 Å². The van der Waals surface area contributed by atoms with Crippen molar-refractivity contribution in [3.05, 3.63) is 29.3 Å². The van der Waals surface area contributed by atoms with Crippen LogP contribution in [-0.2, 0) is 9.84 Å². The predicted molar refractivity (Wildman–Crippen MR) is 61.2 cm³/mol. The Morgan fingerprint density at radius 3 is 2.18 bits per heavy atom. The molecule has 0 aliphatic carbocycles. The predicted octanol–water partition coefficient (Wildman–Crippen LogP) is -0.322. The van der Waals surface area contributed by atoms with Crippen molar-refractivity contribution in [1.29, 1.82) is 0 Å². The Hall–Kier alpha value is -1.89. The van der Waals surface area contributed by atoms with Gasteiger partial charge in [0.1, 0.15) is 0 Å². The third-order valence-corrected chi connectivity index (χ3v) is 4.01. The molecule has 0 aliphatic rings. The lowest BCUT2D eigenvalue weighted by atomic mass is 10.1. The molecule has 0 heterocycles. The van der Waals surface area contributed by atoms with Crippen LogP contribution in [0.4, 0.5) is 0 Å². The molecule has 1 aromatic carbocycles. The highest BCUT2D eigenvalue weighted by Crippen LogP contribution is 2.18. The molecule has 0 radical (unpaired) electrons. The Labute approximate surface area is 98.5 Å². The third-order valence-electron chi connectivity index (χ3n) is 2.25. The van der Waals surface area contributed by atoms with Crippen molar-refractivity contribution in [2.45, 2.75) is 11.8 Å². The zero-order chi connectivity index (χ0) is 13.2. The van der Waals surface area contributed by atoms with Gasteiger partial charge in [-0.2, -0.15) is 0 Å². The Kier molecular flexibility index (Phi) is 3.52. The number of hydrogen-bond donors (Lipinski definition) is 2. The molecule has 0 saturated carbocycles. The molecule has 2 amide bonds. The second-order valence-electron chi connectivity index (χ2n) is 3.34. The lowest BCUT2D eigenvalue weighted by Gasteiger charge is -2.07. The minimum absolute atomic E-state index is 0.0158. The van der Waals surface area contributed by atoms with Gasteiger partial charge >= 0.3 is 0 Å². The van der Waals surface area contributed by atoms with Crippen molar-refractivity contribution in [3.63, 3.8) is 0 Å². The number of sulfone groups is 1. The van der Waals surface area contributed by atoms with E-state index in [0.717, 1.165) is 6.07 Å². The summed E-state index contributed by atoms with van der Waals surface area (Å²) in [6.45, 7) is 1.43. The average molecular weight is 256 g/mol. The summed E-state index contributed by atoms with van der Waals surface area (Å²) in [6.07, 6.45) is 0. The molecule has 0 unspecified atom stereocenters. The van der Waals surface area contributed by atoms with E-state index in [-0.39, 0.29) is 21.8 Å². The summed E-state index contributed by atoms with van der Waals surface area (Å²) >= 11 is 0. The fourth-order valence-electron chi connectivity index (χ4n) is 1.29. The first-order valence-electron chi connectivity index (χ1n) is 4.76. The summed E-state index contributed by atoms with van der Waals surface area (Å²) in [7, 11) is -3.64. The lowest BCUT2D eigenvalue weighted by Crippen LogP contribution is -2.19. The molecule has 0 saturated heterocycles. The van der Waals surface area contributed by atoms with Crippen molar-refractivity contribution in [2.24, 2.45) is 11.5 Å². The van der Waals surface area contributed by atoms with Crippen molar-refractivity contribution < 1.29 is 18.0 Å². The van der Waals surface area contributed by atoms with E-state index >= 15 is 0 Å². The SMILES string of the molecule is CCS(=O)(=O)c1cc(C(N)=O)ccc1C(N)=O. The van der Waals surface area contributed by atoms with E-state index in [4.69, 9.17) is 11.5 Å². The van der Waals surface area contributed by atoms with E-state index in [1.807, 2.05) is 0 Å². The maximum Gasteiger partial charge on any atom is 0.250 e. The van der Waals surface area contributed by atoms with Gasteiger partial charge < -0.3 is 11.5 Å². The van der Waals surface area contributed by atoms with E-state index < -0.39 is 21.7 Å². The largest absolute Gasteiger partial charge is 0.366 e. The third kappa shape index (κ3) is 2.62. The van der Waals surface area contributed by atoms with Gasteiger partial charge in [0, 0.05) is 5.56 Å². The lowest BCUT2D eigenvalue weighted by molar-refractivity contribution is 0.0986. The number of rotatable bonds is 4. The second-order valence-corrected chi connectivity index (χ2v) is 5.59. The normalized spacial score (nSPS) is 11.1. The molecule has 17 heavy (non-hydrogen) atoms.